The molecule has 17 heavy (non-hydrogen) atoms. The maximum absolute atomic E-state index is 13.5. The van der Waals surface area contributed by atoms with Crippen molar-refractivity contribution < 1.29 is 18.7 Å². The van der Waals surface area contributed by atoms with Crippen LogP contribution < -0.4 is 0 Å². The number of amides is 1. The summed E-state index contributed by atoms with van der Waals surface area (Å²) < 4.78 is 27.3. The lowest BCUT2D eigenvalue weighted by Gasteiger charge is -2.16. The smallest absolute Gasteiger partial charge is 0.259 e. The predicted molar refractivity (Wildman–Crippen MR) is 60.6 cm³/mol. The lowest BCUT2D eigenvalue weighted by Crippen LogP contribution is -2.31. The molecule has 1 atom stereocenters. The highest BCUT2D eigenvalue weighted by Crippen LogP contribution is 2.22. The zero-order valence-corrected chi connectivity index (χ0v) is 10.4. The van der Waals surface area contributed by atoms with Crippen LogP contribution in [0, 0.1) is 11.6 Å². The third-order valence-corrected chi connectivity index (χ3v) is 3.13. The number of carbonyl (C=O) groups excluding carboxylic acids is 1. The molecule has 0 bridgehead atoms. The Hall–Kier alpha value is -1.01. The molecule has 3 nitrogen and oxygen atoms in total. The van der Waals surface area contributed by atoms with Crippen LogP contribution in [0.5, 0.6) is 0 Å². The second kappa shape index (κ2) is 4.70. The van der Waals surface area contributed by atoms with E-state index in [1.165, 1.54) is 4.90 Å². The predicted octanol–water partition coefficient (Wildman–Crippen LogP) is 1.93. The maximum atomic E-state index is 13.5. The summed E-state index contributed by atoms with van der Waals surface area (Å²) in [4.78, 5) is 13.1. The number of likely N-dealkylation sites (tertiary alicyclic amines) is 1. The number of benzene rings is 1. The van der Waals surface area contributed by atoms with E-state index >= 15 is 0 Å². The van der Waals surface area contributed by atoms with E-state index in [0.29, 0.717) is 13.0 Å². The molecule has 1 N–H and O–H groups in total. The molecule has 92 valence electrons. The van der Waals surface area contributed by atoms with Gasteiger partial charge in [-0.1, -0.05) is 15.9 Å². The highest BCUT2D eigenvalue weighted by Gasteiger charge is 2.29. The van der Waals surface area contributed by atoms with Crippen molar-refractivity contribution in [2.75, 3.05) is 13.1 Å². The van der Waals surface area contributed by atoms with Crippen LogP contribution in [0.2, 0.25) is 0 Å². The van der Waals surface area contributed by atoms with Gasteiger partial charge in [0.1, 0.15) is 17.2 Å². The van der Waals surface area contributed by atoms with Crippen LogP contribution in [-0.2, 0) is 0 Å². The fourth-order valence-corrected chi connectivity index (χ4v) is 2.23. The highest BCUT2D eigenvalue weighted by atomic mass is 79.9. The zero-order chi connectivity index (χ0) is 12.6. The minimum absolute atomic E-state index is 0.119. The first-order valence-corrected chi connectivity index (χ1v) is 5.90. The van der Waals surface area contributed by atoms with Gasteiger partial charge < -0.3 is 10.0 Å². The number of aliphatic hydroxyl groups excluding tert-OH is 1. The summed E-state index contributed by atoms with van der Waals surface area (Å²) >= 11 is 2.94. The molecule has 0 aliphatic carbocycles. The van der Waals surface area contributed by atoms with Gasteiger partial charge in [-0.25, -0.2) is 8.78 Å². The Morgan fingerprint density at radius 3 is 2.47 bits per heavy atom. The second-order valence-corrected chi connectivity index (χ2v) is 4.85. The molecule has 1 amide bonds. The molecule has 1 aliphatic heterocycles. The largest absolute Gasteiger partial charge is 0.391 e. The van der Waals surface area contributed by atoms with E-state index in [0.717, 1.165) is 12.1 Å². The van der Waals surface area contributed by atoms with Crippen molar-refractivity contribution in [3.63, 3.8) is 0 Å². The Bertz CT molecular complexity index is 444. The number of β-amino-alcohol motifs (C(OH)–C–C–N with tert-alkyl or cyclic N) is 1. The van der Waals surface area contributed by atoms with Crippen LogP contribution in [0.4, 0.5) is 8.78 Å². The van der Waals surface area contributed by atoms with Gasteiger partial charge in [0, 0.05) is 17.6 Å². The van der Waals surface area contributed by atoms with Crippen molar-refractivity contribution in [3.8, 4) is 0 Å². The van der Waals surface area contributed by atoms with Crippen LogP contribution >= 0.6 is 15.9 Å². The summed E-state index contributed by atoms with van der Waals surface area (Å²) in [7, 11) is 0. The molecule has 6 heteroatoms. The number of hydrogen-bond donors (Lipinski definition) is 1. The summed E-state index contributed by atoms with van der Waals surface area (Å²) in [5.74, 6) is -2.52. The van der Waals surface area contributed by atoms with Gasteiger partial charge in [-0.15, -0.1) is 0 Å². The molecule has 1 unspecified atom stereocenters. The Morgan fingerprint density at radius 1 is 1.41 bits per heavy atom. The van der Waals surface area contributed by atoms with E-state index in [1.807, 2.05) is 0 Å². The average molecular weight is 306 g/mol. The van der Waals surface area contributed by atoms with Gasteiger partial charge in [-0.3, -0.25) is 4.79 Å². The number of aliphatic hydroxyl groups is 1. The Kier molecular flexibility index (Phi) is 3.44. The van der Waals surface area contributed by atoms with E-state index in [9.17, 15) is 18.7 Å². The van der Waals surface area contributed by atoms with Crippen molar-refractivity contribution in [3.05, 3.63) is 33.8 Å². The van der Waals surface area contributed by atoms with Crippen molar-refractivity contribution in [2.45, 2.75) is 12.5 Å². The first-order chi connectivity index (χ1) is 7.99. The Labute approximate surface area is 105 Å². The lowest BCUT2D eigenvalue weighted by atomic mass is 10.1. The monoisotopic (exact) mass is 305 g/mol. The number of hydrogen-bond acceptors (Lipinski definition) is 2. The standard InChI is InChI=1S/C11H10BrF2NO2/c12-6-3-8(13)10(9(14)4-6)11(17)15-2-1-7(16)5-15/h3-4,7,16H,1-2,5H2. The number of carbonyl (C=O) groups is 1. The molecule has 0 aromatic heterocycles. The topological polar surface area (TPSA) is 40.5 Å². The molecule has 1 aromatic rings. The van der Waals surface area contributed by atoms with E-state index in [2.05, 4.69) is 15.9 Å². The van der Waals surface area contributed by atoms with Gasteiger partial charge in [0.25, 0.3) is 5.91 Å². The average Bonchev–Trinajstić information content (AvgIpc) is 2.63. The molecule has 1 heterocycles. The van der Waals surface area contributed by atoms with E-state index in [4.69, 9.17) is 0 Å². The minimum Gasteiger partial charge on any atom is -0.391 e. The number of nitrogens with zero attached hydrogens (tertiary/aromatic N) is 1. The molecular weight excluding hydrogens is 296 g/mol. The molecule has 1 fully saturated rings. The van der Waals surface area contributed by atoms with Gasteiger partial charge in [0.05, 0.1) is 6.10 Å². The van der Waals surface area contributed by atoms with Gasteiger partial charge in [0.2, 0.25) is 0 Å². The number of rotatable bonds is 1. The molecule has 1 saturated heterocycles. The summed E-state index contributed by atoms with van der Waals surface area (Å²) in [6.45, 7) is 0.433. The number of halogens is 3. The van der Waals surface area contributed by atoms with Crippen molar-refractivity contribution >= 4 is 21.8 Å². The Balaban J connectivity index is 2.31. The lowest BCUT2D eigenvalue weighted by molar-refractivity contribution is 0.0755. The Morgan fingerprint density at radius 2 is 2.00 bits per heavy atom. The highest BCUT2D eigenvalue weighted by molar-refractivity contribution is 9.10. The summed E-state index contributed by atoms with van der Waals surface area (Å²) in [6.07, 6.45) is -0.175. The van der Waals surface area contributed by atoms with Crippen LogP contribution in [0.15, 0.2) is 16.6 Å². The van der Waals surface area contributed by atoms with Crippen LogP contribution in [-0.4, -0.2) is 35.1 Å². The first-order valence-electron chi connectivity index (χ1n) is 5.11. The van der Waals surface area contributed by atoms with Gasteiger partial charge >= 0.3 is 0 Å². The van der Waals surface area contributed by atoms with Crippen molar-refractivity contribution in [1.82, 2.24) is 4.90 Å². The summed E-state index contributed by atoms with van der Waals surface area (Å²) in [6, 6.07) is 2.09. The fraction of sp³-hybridized carbons (Fsp3) is 0.364. The molecule has 0 saturated carbocycles. The van der Waals surface area contributed by atoms with Gasteiger partial charge in [-0.2, -0.15) is 0 Å². The fourth-order valence-electron chi connectivity index (χ4n) is 1.83. The van der Waals surface area contributed by atoms with E-state index in [1.54, 1.807) is 0 Å². The van der Waals surface area contributed by atoms with Crippen molar-refractivity contribution in [1.29, 1.82) is 0 Å². The second-order valence-electron chi connectivity index (χ2n) is 3.94. The third kappa shape index (κ3) is 2.47. The van der Waals surface area contributed by atoms with Crippen LogP contribution in [0.3, 0.4) is 0 Å². The molecule has 2 rings (SSSR count). The van der Waals surface area contributed by atoms with Gasteiger partial charge in [0.15, 0.2) is 0 Å². The third-order valence-electron chi connectivity index (χ3n) is 2.67. The van der Waals surface area contributed by atoms with Crippen LogP contribution in [0.25, 0.3) is 0 Å². The maximum Gasteiger partial charge on any atom is 0.259 e. The first kappa shape index (κ1) is 12.4. The molecule has 1 aliphatic rings. The summed E-state index contributed by atoms with van der Waals surface area (Å²) in [5, 5.41) is 9.29. The molecule has 1 aromatic carbocycles. The summed E-state index contributed by atoms with van der Waals surface area (Å²) in [5.41, 5.74) is -0.567. The van der Waals surface area contributed by atoms with Crippen molar-refractivity contribution in [2.24, 2.45) is 0 Å². The zero-order valence-electron chi connectivity index (χ0n) is 8.79. The van der Waals surface area contributed by atoms with E-state index < -0.39 is 29.2 Å². The van der Waals surface area contributed by atoms with E-state index in [-0.39, 0.29) is 11.0 Å². The molecule has 0 radical (unpaired) electrons. The van der Waals surface area contributed by atoms with Gasteiger partial charge in [-0.05, 0) is 18.6 Å². The molecule has 0 spiro atoms. The minimum atomic E-state index is -0.900. The van der Waals surface area contributed by atoms with Crippen LogP contribution in [0.1, 0.15) is 16.8 Å². The quantitative estimate of drug-likeness (QED) is 0.861. The normalized spacial score (nSPS) is 19.8. The SMILES string of the molecule is O=C(c1c(F)cc(Br)cc1F)N1CCC(O)C1. The molecular formula is C11H10BrF2NO2.